The molecular weight excluding hydrogens is 238 g/mol. The van der Waals surface area contributed by atoms with Crippen LogP contribution in [0.5, 0.6) is 0 Å². The number of nitrogens with one attached hydrogen (secondary N) is 1. The van der Waals surface area contributed by atoms with Gasteiger partial charge in [-0.2, -0.15) is 17.0 Å². The van der Waals surface area contributed by atoms with Crippen LogP contribution in [0.15, 0.2) is 0 Å². The van der Waals surface area contributed by atoms with E-state index in [1.807, 2.05) is 6.92 Å². The molecule has 0 spiro atoms. The first-order chi connectivity index (χ1) is 8.02. The second-order valence-corrected chi connectivity index (χ2v) is 6.55. The van der Waals surface area contributed by atoms with Crippen LogP contribution in [-0.4, -0.2) is 56.3 Å². The summed E-state index contributed by atoms with van der Waals surface area (Å²) in [5.41, 5.74) is 0. The van der Waals surface area contributed by atoms with E-state index in [1.54, 1.807) is 8.61 Å². The van der Waals surface area contributed by atoms with Gasteiger partial charge in [0, 0.05) is 39.3 Å². The molecule has 0 amide bonds. The number of piperazine rings is 1. The second-order valence-electron chi connectivity index (χ2n) is 4.62. The van der Waals surface area contributed by atoms with Gasteiger partial charge in [0.05, 0.1) is 0 Å². The van der Waals surface area contributed by atoms with Crippen molar-refractivity contribution in [3.8, 4) is 0 Å². The SMILES string of the molecule is CCC(C)CN(CC)S(=O)(=O)N1CCNCC1. The summed E-state index contributed by atoms with van der Waals surface area (Å²) in [6, 6.07) is 0. The van der Waals surface area contributed by atoms with Crippen molar-refractivity contribution in [3.63, 3.8) is 0 Å². The average molecular weight is 263 g/mol. The van der Waals surface area contributed by atoms with Gasteiger partial charge in [0.2, 0.25) is 0 Å². The Kier molecular flexibility index (Phi) is 5.85. The van der Waals surface area contributed by atoms with Crippen molar-refractivity contribution in [1.82, 2.24) is 13.9 Å². The first-order valence-corrected chi connectivity index (χ1v) is 7.88. The highest BCUT2D eigenvalue weighted by Gasteiger charge is 2.29. The van der Waals surface area contributed by atoms with Gasteiger partial charge < -0.3 is 5.32 Å². The fourth-order valence-corrected chi connectivity index (χ4v) is 3.64. The van der Waals surface area contributed by atoms with Crippen molar-refractivity contribution in [2.45, 2.75) is 27.2 Å². The van der Waals surface area contributed by atoms with Gasteiger partial charge in [-0.15, -0.1) is 0 Å². The molecule has 0 aromatic heterocycles. The van der Waals surface area contributed by atoms with Crippen LogP contribution in [0.25, 0.3) is 0 Å². The quantitative estimate of drug-likeness (QED) is 0.759. The zero-order chi connectivity index (χ0) is 12.9. The molecule has 1 rings (SSSR count). The topological polar surface area (TPSA) is 52.7 Å². The summed E-state index contributed by atoms with van der Waals surface area (Å²) >= 11 is 0. The van der Waals surface area contributed by atoms with Crippen LogP contribution < -0.4 is 5.32 Å². The maximum atomic E-state index is 12.4. The average Bonchev–Trinajstić information content (AvgIpc) is 2.36. The molecule has 102 valence electrons. The fraction of sp³-hybridized carbons (Fsp3) is 1.00. The standard InChI is InChI=1S/C11H25N3O2S/c1-4-11(3)10-13(5-2)17(15,16)14-8-6-12-7-9-14/h11-12H,4-10H2,1-3H3. The first-order valence-electron chi connectivity index (χ1n) is 6.48. The van der Waals surface area contributed by atoms with Crippen molar-refractivity contribution in [1.29, 1.82) is 0 Å². The molecule has 1 atom stereocenters. The van der Waals surface area contributed by atoms with Crippen LogP contribution in [0, 0.1) is 5.92 Å². The molecule has 1 fully saturated rings. The lowest BCUT2D eigenvalue weighted by molar-refractivity contribution is 0.296. The zero-order valence-electron chi connectivity index (χ0n) is 11.1. The lowest BCUT2D eigenvalue weighted by Gasteiger charge is -2.32. The number of hydrogen-bond donors (Lipinski definition) is 1. The van der Waals surface area contributed by atoms with E-state index in [2.05, 4.69) is 19.2 Å². The Bertz CT molecular complexity index is 313. The lowest BCUT2D eigenvalue weighted by atomic mass is 10.1. The third-order valence-corrected chi connectivity index (χ3v) is 5.37. The highest BCUT2D eigenvalue weighted by Crippen LogP contribution is 2.13. The molecular formula is C11H25N3O2S. The van der Waals surface area contributed by atoms with Gasteiger partial charge in [-0.3, -0.25) is 0 Å². The van der Waals surface area contributed by atoms with Gasteiger partial charge in [-0.05, 0) is 5.92 Å². The summed E-state index contributed by atoms with van der Waals surface area (Å²) in [5.74, 6) is 0.410. The molecule has 0 aromatic rings. The van der Waals surface area contributed by atoms with Crippen molar-refractivity contribution in [2.24, 2.45) is 5.92 Å². The normalized spacial score (nSPS) is 20.7. The van der Waals surface area contributed by atoms with E-state index in [0.29, 0.717) is 32.1 Å². The van der Waals surface area contributed by atoms with Crippen molar-refractivity contribution in [2.75, 3.05) is 39.3 Å². The van der Waals surface area contributed by atoms with Crippen LogP contribution in [0.2, 0.25) is 0 Å². The van der Waals surface area contributed by atoms with E-state index in [9.17, 15) is 8.42 Å². The summed E-state index contributed by atoms with van der Waals surface area (Å²) in [5, 5.41) is 3.17. The summed E-state index contributed by atoms with van der Waals surface area (Å²) in [6.07, 6.45) is 1.01. The Morgan fingerprint density at radius 2 is 1.88 bits per heavy atom. The molecule has 1 N–H and O–H groups in total. The van der Waals surface area contributed by atoms with E-state index >= 15 is 0 Å². The van der Waals surface area contributed by atoms with Crippen LogP contribution >= 0.6 is 0 Å². The molecule has 1 unspecified atom stereocenters. The van der Waals surface area contributed by atoms with Crippen molar-refractivity contribution in [3.05, 3.63) is 0 Å². The monoisotopic (exact) mass is 263 g/mol. The molecule has 17 heavy (non-hydrogen) atoms. The molecule has 1 aliphatic rings. The van der Waals surface area contributed by atoms with Gasteiger partial charge in [0.25, 0.3) is 10.2 Å². The van der Waals surface area contributed by atoms with Gasteiger partial charge in [-0.1, -0.05) is 27.2 Å². The molecule has 1 heterocycles. The van der Waals surface area contributed by atoms with Gasteiger partial charge in [-0.25, -0.2) is 0 Å². The van der Waals surface area contributed by atoms with E-state index < -0.39 is 10.2 Å². The number of hydrogen-bond acceptors (Lipinski definition) is 3. The Hall–Kier alpha value is -0.170. The summed E-state index contributed by atoms with van der Waals surface area (Å²) in [7, 11) is -3.25. The van der Waals surface area contributed by atoms with E-state index in [0.717, 1.165) is 19.5 Å². The van der Waals surface area contributed by atoms with E-state index in [4.69, 9.17) is 0 Å². The Labute approximate surface area is 105 Å². The Morgan fingerprint density at radius 1 is 1.29 bits per heavy atom. The summed E-state index contributed by atoms with van der Waals surface area (Å²) in [4.78, 5) is 0. The molecule has 0 saturated carbocycles. The van der Waals surface area contributed by atoms with Crippen molar-refractivity contribution < 1.29 is 8.42 Å². The molecule has 5 nitrogen and oxygen atoms in total. The lowest BCUT2D eigenvalue weighted by Crippen LogP contribution is -2.52. The smallest absolute Gasteiger partial charge is 0.282 e. The zero-order valence-corrected chi connectivity index (χ0v) is 12.0. The molecule has 0 aliphatic carbocycles. The number of rotatable bonds is 6. The third-order valence-electron chi connectivity index (χ3n) is 3.29. The van der Waals surface area contributed by atoms with E-state index in [1.165, 1.54) is 0 Å². The van der Waals surface area contributed by atoms with Crippen molar-refractivity contribution >= 4 is 10.2 Å². The van der Waals surface area contributed by atoms with E-state index in [-0.39, 0.29) is 0 Å². The Balaban J connectivity index is 2.70. The first kappa shape index (κ1) is 14.9. The van der Waals surface area contributed by atoms with Crippen LogP contribution in [0.3, 0.4) is 0 Å². The summed E-state index contributed by atoms with van der Waals surface area (Å²) in [6.45, 7) is 9.93. The highest BCUT2D eigenvalue weighted by atomic mass is 32.2. The van der Waals surface area contributed by atoms with Gasteiger partial charge >= 0.3 is 0 Å². The molecule has 0 radical (unpaired) electrons. The molecule has 0 aromatic carbocycles. The van der Waals surface area contributed by atoms with Crippen LogP contribution in [0.4, 0.5) is 0 Å². The minimum Gasteiger partial charge on any atom is -0.314 e. The fourth-order valence-electron chi connectivity index (χ4n) is 1.90. The number of nitrogens with zero attached hydrogens (tertiary/aromatic N) is 2. The minimum atomic E-state index is -3.25. The molecule has 6 heteroatoms. The van der Waals surface area contributed by atoms with Crippen LogP contribution in [-0.2, 0) is 10.2 Å². The van der Waals surface area contributed by atoms with Crippen LogP contribution in [0.1, 0.15) is 27.2 Å². The van der Waals surface area contributed by atoms with Gasteiger partial charge in [0.1, 0.15) is 0 Å². The predicted octanol–water partition coefficient (Wildman–Crippen LogP) is 0.504. The predicted molar refractivity (Wildman–Crippen MR) is 70.1 cm³/mol. The maximum Gasteiger partial charge on any atom is 0.282 e. The molecule has 1 aliphatic heterocycles. The third kappa shape index (κ3) is 3.91. The largest absolute Gasteiger partial charge is 0.314 e. The Morgan fingerprint density at radius 3 is 2.35 bits per heavy atom. The molecule has 1 saturated heterocycles. The second kappa shape index (κ2) is 6.68. The minimum absolute atomic E-state index is 0.410. The summed E-state index contributed by atoms with van der Waals surface area (Å²) < 4.78 is 28.0. The maximum absolute atomic E-state index is 12.4. The van der Waals surface area contributed by atoms with Gasteiger partial charge in [0.15, 0.2) is 0 Å². The molecule has 0 bridgehead atoms. The highest BCUT2D eigenvalue weighted by molar-refractivity contribution is 7.86.